The minimum Gasteiger partial charge on any atom is -0.339 e. The minimum atomic E-state index is 0.0167. The lowest BCUT2D eigenvalue weighted by molar-refractivity contribution is 0.0778. The molecule has 1 saturated carbocycles. The van der Waals surface area contributed by atoms with Gasteiger partial charge in [-0.25, -0.2) is 0 Å². The number of carbonyl (C=O) groups is 1. The van der Waals surface area contributed by atoms with Crippen LogP contribution in [-0.2, 0) is 7.05 Å². The summed E-state index contributed by atoms with van der Waals surface area (Å²) in [6.07, 6.45) is 7.35. The molecular weight excluding hydrogens is 294 g/mol. The molecule has 1 aliphatic heterocycles. The van der Waals surface area contributed by atoms with E-state index in [9.17, 15) is 4.79 Å². The Bertz CT molecular complexity index is 701. The monoisotopic (exact) mass is 315 g/mol. The SMILES string of the molecule is Cn1nccc1C(=O)N1CC[C@@H](c2nc(C3CCCC3)no2)C1. The van der Waals surface area contributed by atoms with E-state index in [0.717, 1.165) is 31.6 Å². The van der Waals surface area contributed by atoms with E-state index in [2.05, 4.69) is 15.2 Å². The largest absolute Gasteiger partial charge is 0.339 e. The molecule has 1 saturated heterocycles. The molecule has 0 bridgehead atoms. The van der Waals surface area contributed by atoms with Crippen molar-refractivity contribution in [2.75, 3.05) is 13.1 Å². The number of carbonyl (C=O) groups excluding carboxylic acids is 1. The van der Waals surface area contributed by atoms with Crippen LogP contribution in [0, 0.1) is 0 Å². The quantitative estimate of drug-likeness (QED) is 0.866. The summed E-state index contributed by atoms with van der Waals surface area (Å²) in [5.41, 5.74) is 0.614. The Kier molecular flexibility index (Phi) is 3.63. The third kappa shape index (κ3) is 2.64. The summed E-state index contributed by atoms with van der Waals surface area (Å²) in [5.74, 6) is 2.17. The first-order valence-corrected chi connectivity index (χ1v) is 8.33. The molecule has 4 rings (SSSR count). The van der Waals surface area contributed by atoms with Crippen LogP contribution in [-0.4, -0.2) is 43.8 Å². The molecule has 7 heteroatoms. The molecule has 2 aliphatic rings. The highest BCUT2D eigenvalue weighted by Crippen LogP contribution is 2.34. The maximum absolute atomic E-state index is 12.5. The zero-order valence-corrected chi connectivity index (χ0v) is 13.3. The van der Waals surface area contributed by atoms with Gasteiger partial charge in [-0.1, -0.05) is 18.0 Å². The van der Waals surface area contributed by atoms with Crippen LogP contribution in [0.4, 0.5) is 0 Å². The van der Waals surface area contributed by atoms with Crippen molar-refractivity contribution in [2.24, 2.45) is 7.05 Å². The van der Waals surface area contributed by atoms with E-state index in [4.69, 9.17) is 4.52 Å². The topological polar surface area (TPSA) is 77.1 Å². The zero-order valence-electron chi connectivity index (χ0n) is 13.3. The van der Waals surface area contributed by atoms with Crippen molar-refractivity contribution < 1.29 is 9.32 Å². The van der Waals surface area contributed by atoms with Crippen LogP contribution < -0.4 is 0 Å². The third-order valence-corrected chi connectivity index (χ3v) is 5.04. The second-order valence-electron chi connectivity index (χ2n) is 6.55. The Morgan fingerprint density at radius 2 is 2.09 bits per heavy atom. The van der Waals surface area contributed by atoms with Gasteiger partial charge in [-0.2, -0.15) is 10.1 Å². The first-order chi connectivity index (χ1) is 11.2. The Balaban J connectivity index is 1.44. The average Bonchev–Trinajstić information content (AvgIpc) is 3.31. The van der Waals surface area contributed by atoms with Crippen LogP contribution in [0.1, 0.15) is 66.1 Å². The van der Waals surface area contributed by atoms with E-state index < -0.39 is 0 Å². The van der Waals surface area contributed by atoms with Crippen molar-refractivity contribution in [2.45, 2.75) is 43.9 Å². The second kappa shape index (κ2) is 5.79. The van der Waals surface area contributed by atoms with Gasteiger partial charge in [-0.3, -0.25) is 9.48 Å². The fraction of sp³-hybridized carbons (Fsp3) is 0.625. The van der Waals surface area contributed by atoms with Crippen molar-refractivity contribution in [1.82, 2.24) is 24.8 Å². The lowest BCUT2D eigenvalue weighted by atomic mass is 10.1. The molecule has 1 aliphatic carbocycles. The van der Waals surface area contributed by atoms with E-state index in [-0.39, 0.29) is 11.8 Å². The summed E-state index contributed by atoms with van der Waals surface area (Å²) < 4.78 is 7.10. The average molecular weight is 315 g/mol. The first-order valence-electron chi connectivity index (χ1n) is 8.33. The van der Waals surface area contributed by atoms with E-state index in [0.29, 0.717) is 24.0 Å². The van der Waals surface area contributed by atoms with Crippen molar-refractivity contribution in [1.29, 1.82) is 0 Å². The smallest absolute Gasteiger partial charge is 0.272 e. The molecule has 7 nitrogen and oxygen atoms in total. The maximum atomic E-state index is 12.5. The second-order valence-corrected chi connectivity index (χ2v) is 6.55. The van der Waals surface area contributed by atoms with Crippen LogP contribution >= 0.6 is 0 Å². The van der Waals surface area contributed by atoms with Gasteiger partial charge in [-0.05, 0) is 25.3 Å². The molecule has 1 amide bonds. The zero-order chi connectivity index (χ0) is 15.8. The van der Waals surface area contributed by atoms with Crippen LogP contribution in [0.2, 0.25) is 0 Å². The van der Waals surface area contributed by atoms with Crippen molar-refractivity contribution >= 4 is 5.91 Å². The van der Waals surface area contributed by atoms with Gasteiger partial charge in [0, 0.05) is 32.3 Å². The Morgan fingerprint density at radius 3 is 2.83 bits per heavy atom. The van der Waals surface area contributed by atoms with Crippen LogP contribution in [0.25, 0.3) is 0 Å². The maximum Gasteiger partial charge on any atom is 0.272 e. The molecule has 1 atom stereocenters. The molecule has 2 aromatic heterocycles. The molecule has 3 heterocycles. The summed E-state index contributed by atoms with van der Waals surface area (Å²) >= 11 is 0. The Hall–Kier alpha value is -2.18. The lowest BCUT2D eigenvalue weighted by Crippen LogP contribution is -2.30. The van der Waals surface area contributed by atoms with E-state index in [1.54, 1.807) is 24.0 Å². The summed E-state index contributed by atoms with van der Waals surface area (Å²) in [7, 11) is 1.78. The summed E-state index contributed by atoms with van der Waals surface area (Å²) in [4.78, 5) is 19.0. The lowest BCUT2D eigenvalue weighted by Gasteiger charge is -2.15. The summed E-state index contributed by atoms with van der Waals surface area (Å²) in [6.45, 7) is 1.35. The molecule has 2 fully saturated rings. The minimum absolute atomic E-state index is 0.0167. The number of amides is 1. The fourth-order valence-electron chi connectivity index (χ4n) is 3.65. The predicted octanol–water partition coefficient (Wildman–Crippen LogP) is 2.09. The predicted molar refractivity (Wildman–Crippen MR) is 82.0 cm³/mol. The van der Waals surface area contributed by atoms with Gasteiger partial charge in [0.25, 0.3) is 5.91 Å². The molecule has 122 valence electrons. The van der Waals surface area contributed by atoms with Gasteiger partial charge < -0.3 is 9.42 Å². The number of rotatable bonds is 3. The molecular formula is C16H21N5O2. The third-order valence-electron chi connectivity index (χ3n) is 5.04. The molecule has 0 radical (unpaired) electrons. The molecule has 2 aromatic rings. The van der Waals surface area contributed by atoms with Gasteiger partial charge in [0.2, 0.25) is 5.89 Å². The number of hydrogen-bond donors (Lipinski definition) is 0. The van der Waals surface area contributed by atoms with E-state index in [1.807, 2.05) is 4.90 Å². The molecule has 0 spiro atoms. The van der Waals surface area contributed by atoms with Gasteiger partial charge in [-0.15, -0.1) is 0 Å². The van der Waals surface area contributed by atoms with Crippen LogP contribution in [0.5, 0.6) is 0 Å². The highest BCUT2D eigenvalue weighted by atomic mass is 16.5. The Morgan fingerprint density at radius 1 is 1.26 bits per heavy atom. The number of hydrogen-bond acceptors (Lipinski definition) is 5. The highest BCUT2D eigenvalue weighted by molar-refractivity contribution is 5.92. The number of likely N-dealkylation sites (tertiary alicyclic amines) is 1. The van der Waals surface area contributed by atoms with E-state index in [1.165, 1.54) is 12.8 Å². The van der Waals surface area contributed by atoms with E-state index >= 15 is 0 Å². The van der Waals surface area contributed by atoms with Gasteiger partial charge in [0.1, 0.15) is 5.69 Å². The normalized spacial score (nSPS) is 22.1. The molecule has 23 heavy (non-hydrogen) atoms. The number of aryl methyl sites for hydroxylation is 1. The fourth-order valence-corrected chi connectivity index (χ4v) is 3.65. The molecule has 0 unspecified atom stereocenters. The van der Waals surface area contributed by atoms with Crippen molar-refractivity contribution in [3.63, 3.8) is 0 Å². The number of aromatic nitrogens is 4. The first kappa shape index (κ1) is 14.4. The van der Waals surface area contributed by atoms with Gasteiger partial charge >= 0.3 is 0 Å². The molecule has 0 aromatic carbocycles. The summed E-state index contributed by atoms with van der Waals surface area (Å²) in [5, 5.41) is 8.24. The standard InChI is InChI=1S/C16H21N5O2/c1-20-13(6-8-17-20)16(22)21-9-7-12(10-21)15-18-14(19-23-15)11-4-2-3-5-11/h6,8,11-12H,2-5,7,9-10H2,1H3/t12-/m1/s1. The van der Waals surface area contributed by atoms with Crippen LogP contribution in [0.15, 0.2) is 16.8 Å². The van der Waals surface area contributed by atoms with Gasteiger partial charge in [0.15, 0.2) is 5.82 Å². The Labute approximate surface area is 134 Å². The summed E-state index contributed by atoms with van der Waals surface area (Å²) in [6, 6.07) is 1.75. The van der Waals surface area contributed by atoms with Crippen molar-refractivity contribution in [3.8, 4) is 0 Å². The highest BCUT2D eigenvalue weighted by Gasteiger charge is 2.33. The molecule has 0 N–H and O–H groups in total. The van der Waals surface area contributed by atoms with Gasteiger partial charge in [0.05, 0.1) is 5.92 Å². The van der Waals surface area contributed by atoms with Crippen molar-refractivity contribution in [3.05, 3.63) is 29.7 Å². The number of nitrogens with zero attached hydrogens (tertiary/aromatic N) is 5. The van der Waals surface area contributed by atoms with Crippen LogP contribution in [0.3, 0.4) is 0 Å².